The monoisotopic (exact) mass is 254 g/mol. The molecule has 1 aromatic rings. The first kappa shape index (κ1) is 14.3. The van der Waals surface area contributed by atoms with Gasteiger partial charge in [0.05, 0.1) is 19.1 Å². The number of carbonyl (C=O) groups is 1. The summed E-state index contributed by atoms with van der Waals surface area (Å²) in [6.45, 7) is 6.73. The van der Waals surface area contributed by atoms with E-state index in [1.165, 1.54) is 20.1 Å². The van der Waals surface area contributed by atoms with Crippen molar-refractivity contribution in [3.8, 4) is 5.75 Å². The summed E-state index contributed by atoms with van der Waals surface area (Å²) in [7, 11) is 1.49. The second-order valence-electron chi connectivity index (χ2n) is 4.23. The fourth-order valence-corrected chi connectivity index (χ4v) is 1.77. The normalized spacial score (nSPS) is 13.8. The Bertz CT molecular complexity index is 489. The highest BCUT2D eigenvalue weighted by Gasteiger charge is 2.23. The fourth-order valence-electron chi connectivity index (χ4n) is 1.77. The van der Waals surface area contributed by atoms with Gasteiger partial charge in [-0.05, 0) is 13.8 Å². The van der Waals surface area contributed by atoms with Crippen LogP contribution in [0.15, 0.2) is 15.3 Å². The van der Waals surface area contributed by atoms with Crippen molar-refractivity contribution in [3.05, 3.63) is 27.8 Å². The largest absolute Gasteiger partial charge is 0.496 e. The molecule has 0 aromatic carbocycles. The van der Waals surface area contributed by atoms with E-state index in [0.29, 0.717) is 11.5 Å². The summed E-state index contributed by atoms with van der Waals surface area (Å²) in [4.78, 5) is 22.3. The van der Waals surface area contributed by atoms with Gasteiger partial charge in [0.25, 0.3) is 0 Å². The Kier molecular flexibility index (Phi) is 4.53. The summed E-state index contributed by atoms with van der Waals surface area (Å²) >= 11 is 0. The van der Waals surface area contributed by atoms with Gasteiger partial charge in [0.15, 0.2) is 0 Å². The number of carbonyl (C=O) groups excluding carboxylic acids is 1. The Morgan fingerprint density at radius 3 is 2.50 bits per heavy atom. The number of esters is 1. The lowest BCUT2D eigenvalue weighted by atomic mass is 9.99. The van der Waals surface area contributed by atoms with Crippen molar-refractivity contribution < 1.29 is 18.7 Å². The van der Waals surface area contributed by atoms with Gasteiger partial charge in [-0.1, -0.05) is 6.92 Å². The summed E-state index contributed by atoms with van der Waals surface area (Å²) < 4.78 is 15.4. The molecule has 0 amide bonds. The van der Waals surface area contributed by atoms with Gasteiger partial charge in [0, 0.05) is 12.5 Å². The Morgan fingerprint density at radius 2 is 2.00 bits per heavy atom. The van der Waals surface area contributed by atoms with Crippen molar-refractivity contribution >= 4 is 5.97 Å². The quantitative estimate of drug-likeness (QED) is 0.769. The number of ether oxygens (including phenoxy) is 2. The molecule has 0 bridgehead atoms. The first-order valence-electron chi connectivity index (χ1n) is 5.72. The van der Waals surface area contributed by atoms with Crippen LogP contribution >= 0.6 is 0 Å². The minimum Gasteiger partial charge on any atom is -0.496 e. The van der Waals surface area contributed by atoms with E-state index in [1.54, 1.807) is 13.8 Å². The Morgan fingerprint density at radius 1 is 1.39 bits per heavy atom. The van der Waals surface area contributed by atoms with E-state index < -0.39 is 5.63 Å². The molecule has 0 aliphatic heterocycles. The van der Waals surface area contributed by atoms with Gasteiger partial charge < -0.3 is 13.9 Å². The highest BCUT2D eigenvalue weighted by Crippen LogP contribution is 2.28. The Balaban J connectivity index is 3.12. The first-order valence-corrected chi connectivity index (χ1v) is 5.72. The molecule has 1 rings (SSSR count). The fraction of sp³-hybridized carbons (Fsp3) is 0.538. The molecule has 0 aliphatic carbocycles. The van der Waals surface area contributed by atoms with E-state index in [4.69, 9.17) is 13.9 Å². The molecule has 0 spiro atoms. The van der Waals surface area contributed by atoms with E-state index in [9.17, 15) is 9.59 Å². The average Bonchev–Trinajstić information content (AvgIpc) is 2.29. The number of rotatable bonds is 4. The third kappa shape index (κ3) is 3.12. The van der Waals surface area contributed by atoms with E-state index >= 15 is 0 Å². The molecule has 5 heteroatoms. The lowest BCUT2D eigenvalue weighted by Gasteiger charge is -2.20. The second kappa shape index (κ2) is 5.71. The smallest absolute Gasteiger partial charge is 0.339 e. The molecule has 0 radical (unpaired) electrons. The summed E-state index contributed by atoms with van der Waals surface area (Å²) in [6.07, 6.45) is -0.378. The maximum atomic E-state index is 11.4. The topological polar surface area (TPSA) is 65.7 Å². The van der Waals surface area contributed by atoms with Gasteiger partial charge in [-0.3, -0.25) is 4.79 Å². The molecule has 0 saturated heterocycles. The van der Waals surface area contributed by atoms with E-state index in [0.717, 1.165) is 5.56 Å². The predicted molar refractivity (Wildman–Crippen MR) is 65.9 cm³/mol. The van der Waals surface area contributed by atoms with Crippen LogP contribution in [0.4, 0.5) is 0 Å². The zero-order chi connectivity index (χ0) is 13.9. The van der Waals surface area contributed by atoms with Gasteiger partial charge >= 0.3 is 11.6 Å². The molecular formula is C13H18O5. The molecule has 100 valence electrons. The van der Waals surface area contributed by atoms with Gasteiger partial charge in [0.1, 0.15) is 17.6 Å². The van der Waals surface area contributed by atoms with Gasteiger partial charge in [-0.15, -0.1) is 0 Å². The van der Waals surface area contributed by atoms with Crippen LogP contribution in [-0.2, 0) is 9.53 Å². The minimum absolute atomic E-state index is 0.225. The zero-order valence-corrected chi connectivity index (χ0v) is 11.3. The summed E-state index contributed by atoms with van der Waals surface area (Å²) in [5, 5.41) is 0. The Labute approximate surface area is 106 Å². The Hall–Kier alpha value is -1.78. The molecule has 1 aromatic heterocycles. The average molecular weight is 254 g/mol. The third-order valence-corrected chi connectivity index (χ3v) is 2.89. The first-order chi connectivity index (χ1) is 8.36. The molecule has 18 heavy (non-hydrogen) atoms. The standard InChI is InChI=1S/C13H18O5/c1-7(9(3)17-10(4)14)13-8(2)11(16-5)6-12(15)18-13/h6-7,9H,1-5H3/t7-,9-/m0/s1. The maximum absolute atomic E-state index is 11.4. The second-order valence-corrected chi connectivity index (χ2v) is 4.23. The molecule has 2 atom stereocenters. The molecule has 5 nitrogen and oxygen atoms in total. The van der Waals surface area contributed by atoms with Gasteiger partial charge in [0.2, 0.25) is 0 Å². The van der Waals surface area contributed by atoms with Crippen molar-refractivity contribution in [2.45, 2.75) is 39.7 Å². The lowest BCUT2D eigenvalue weighted by Crippen LogP contribution is -2.21. The van der Waals surface area contributed by atoms with Crippen LogP contribution in [0.25, 0.3) is 0 Å². The van der Waals surface area contributed by atoms with Crippen LogP contribution in [-0.4, -0.2) is 19.2 Å². The van der Waals surface area contributed by atoms with E-state index in [1.807, 2.05) is 6.92 Å². The SMILES string of the molecule is COc1cc(=O)oc([C@@H](C)[C@H](C)OC(C)=O)c1C. The van der Waals surface area contributed by atoms with Crippen LogP contribution in [0, 0.1) is 6.92 Å². The van der Waals surface area contributed by atoms with Crippen LogP contribution in [0.2, 0.25) is 0 Å². The van der Waals surface area contributed by atoms with Crippen LogP contribution in [0.3, 0.4) is 0 Å². The van der Waals surface area contributed by atoms with Crippen molar-refractivity contribution in [2.24, 2.45) is 0 Å². The molecule has 0 aliphatic rings. The number of hydrogen-bond donors (Lipinski definition) is 0. The summed E-state index contributed by atoms with van der Waals surface area (Å²) in [5.74, 6) is 0.366. The van der Waals surface area contributed by atoms with Crippen LogP contribution < -0.4 is 10.4 Å². The van der Waals surface area contributed by atoms with Crippen molar-refractivity contribution in [3.63, 3.8) is 0 Å². The predicted octanol–water partition coefficient (Wildman–Crippen LogP) is 2.01. The molecular weight excluding hydrogens is 236 g/mol. The molecule has 0 N–H and O–H groups in total. The van der Waals surface area contributed by atoms with E-state index in [2.05, 4.69) is 0 Å². The van der Waals surface area contributed by atoms with Crippen molar-refractivity contribution in [1.29, 1.82) is 0 Å². The molecule has 0 fully saturated rings. The molecule has 1 heterocycles. The zero-order valence-electron chi connectivity index (χ0n) is 11.3. The summed E-state index contributed by atoms with van der Waals surface area (Å²) in [5.41, 5.74) is 0.262. The number of hydrogen-bond acceptors (Lipinski definition) is 5. The van der Waals surface area contributed by atoms with Crippen LogP contribution in [0.1, 0.15) is 38.0 Å². The third-order valence-electron chi connectivity index (χ3n) is 2.89. The van der Waals surface area contributed by atoms with Gasteiger partial charge in [-0.2, -0.15) is 0 Å². The van der Waals surface area contributed by atoms with Crippen molar-refractivity contribution in [1.82, 2.24) is 0 Å². The highest BCUT2D eigenvalue weighted by atomic mass is 16.5. The van der Waals surface area contributed by atoms with Crippen LogP contribution in [0.5, 0.6) is 5.75 Å². The molecule has 0 unspecified atom stereocenters. The van der Waals surface area contributed by atoms with E-state index in [-0.39, 0.29) is 18.0 Å². The number of methoxy groups -OCH3 is 1. The molecule has 0 saturated carbocycles. The maximum Gasteiger partial charge on any atom is 0.339 e. The lowest BCUT2D eigenvalue weighted by molar-refractivity contribution is -0.146. The minimum atomic E-state index is -0.477. The highest BCUT2D eigenvalue weighted by molar-refractivity contribution is 5.66. The summed E-state index contributed by atoms with van der Waals surface area (Å²) in [6, 6.07) is 1.29. The van der Waals surface area contributed by atoms with Gasteiger partial charge in [-0.25, -0.2) is 4.79 Å². The van der Waals surface area contributed by atoms with Crippen molar-refractivity contribution in [2.75, 3.05) is 7.11 Å².